The molecule has 0 aromatic carbocycles. The molecule has 0 radical (unpaired) electrons. The van der Waals surface area contributed by atoms with E-state index in [0.29, 0.717) is 18.7 Å². The van der Waals surface area contributed by atoms with Gasteiger partial charge < -0.3 is 15.8 Å². The molecule has 1 fully saturated rings. The zero-order valence-electron chi connectivity index (χ0n) is 6.30. The Balaban J connectivity index is 2.45. The normalized spacial score (nSPS) is 24.5. The highest BCUT2D eigenvalue weighted by Gasteiger charge is 2.19. The van der Waals surface area contributed by atoms with E-state index in [9.17, 15) is 4.79 Å². The minimum Gasteiger partial charge on any atom is -0.371 e. The number of morpholine rings is 1. The van der Waals surface area contributed by atoms with Gasteiger partial charge in [-0.25, -0.2) is 0 Å². The molecule has 1 aliphatic rings. The number of carbonyl (C=O) groups is 1. The van der Waals surface area contributed by atoms with Crippen LogP contribution in [0.15, 0.2) is 12.2 Å². The topological polar surface area (TPSA) is 64.4 Å². The molecule has 1 heterocycles. The Labute approximate surface area is 65.4 Å². The number of primary amides is 1. The second-order valence-electron chi connectivity index (χ2n) is 2.45. The maximum Gasteiger partial charge on any atom is 0.246 e. The van der Waals surface area contributed by atoms with Gasteiger partial charge in [0, 0.05) is 18.7 Å². The number of ether oxygens (including phenoxy) is 1. The lowest BCUT2D eigenvalue weighted by Gasteiger charge is -2.23. The van der Waals surface area contributed by atoms with Crippen molar-refractivity contribution in [1.82, 2.24) is 5.32 Å². The third-order valence-electron chi connectivity index (χ3n) is 1.63. The highest BCUT2D eigenvalue weighted by Crippen LogP contribution is 2.05. The minimum absolute atomic E-state index is 0.235. The quantitative estimate of drug-likeness (QED) is 0.505. The molecule has 0 saturated carbocycles. The molecular weight excluding hydrogens is 144 g/mol. The highest BCUT2D eigenvalue weighted by molar-refractivity contribution is 5.92. The summed E-state index contributed by atoms with van der Waals surface area (Å²) in [6, 6.07) is 0. The lowest BCUT2D eigenvalue weighted by atomic mass is 10.1. The van der Waals surface area contributed by atoms with Gasteiger partial charge in [-0.1, -0.05) is 6.58 Å². The first-order valence-electron chi connectivity index (χ1n) is 3.52. The fourth-order valence-corrected chi connectivity index (χ4v) is 0.948. The van der Waals surface area contributed by atoms with Crippen molar-refractivity contribution < 1.29 is 9.53 Å². The van der Waals surface area contributed by atoms with Gasteiger partial charge >= 0.3 is 0 Å². The third kappa shape index (κ3) is 2.03. The lowest BCUT2D eigenvalue weighted by molar-refractivity contribution is -0.116. The van der Waals surface area contributed by atoms with Crippen molar-refractivity contribution in [2.45, 2.75) is 6.10 Å². The zero-order chi connectivity index (χ0) is 8.27. The zero-order valence-corrected chi connectivity index (χ0v) is 6.30. The van der Waals surface area contributed by atoms with Crippen LogP contribution in [0, 0.1) is 0 Å². The summed E-state index contributed by atoms with van der Waals surface area (Å²) in [4.78, 5) is 10.6. The van der Waals surface area contributed by atoms with Crippen LogP contribution >= 0.6 is 0 Å². The van der Waals surface area contributed by atoms with Crippen LogP contribution in [0.1, 0.15) is 0 Å². The van der Waals surface area contributed by atoms with Crippen molar-refractivity contribution in [3.05, 3.63) is 12.2 Å². The Morgan fingerprint density at radius 3 is 2.91 bits per heavy atom. The molecule has 11 heavy (non-hydrogen) atoms. The predicted octanol–water partition coefficient (Wildman–Crippen LogP) is -0.984. The van der Waals surface area contributed by atoms with E-state index >= 15 is 0 Å². The second kappa shape index (κ2) is 3.50. The Morgan fingerprint density at radius 1 is 1.73 bits per heavy atom. The molecule has 0 aromatic rings. The van der Waals surface area contributed by atoms with Crippen LogP contribution in [0.25, 0.3) is 0 Å². The molecule has 4 nitrogen and oxygen atoms in total. The number of nitrogens with two attached hydrogens (primary N) is 1. The second-order valence-corrected chi connectivity index (χ2v) is 2.45. The Bertz CT molecular complexity index is 173. The lowest BCUT2D eigenvalue weighted by Crippen LogP contribution is -2.41. The summed E-state index contributed by atoms with van der Waals surface area (Å²) in [5.74, 6) is -0.487. The molecule has 0 bridgehead atoms. The highest BCUT2D eigenvalue weighted by atomic mass is 16.5. The minimum atomic E-state index is -0.487. The number of amides is 1. The summed E-state index contributed by atoms with van der Waals surface area (Å²) < 4.78 is 5.24. The molecule has 0 spiro atoms. The Kier molecular flexibility index (Phi) is 2.62. The SMILES string of the molecule is C=C(C(N)=O)C1CNCCO1. The van der Waals surface area contributed by atoms with Crippen molar-refractivity contribution in [2.24, 2.45) is 5.73 Å². The monoisotopic (exact) mass is 156 g/mol. The molecule has 1 unspecified atom stereocenters. The average Bonchev–Trinajstić information content (AvgIpc) is 2.05. The van der Waals surface area contributed by atoms with Gasteiger partial charge in [0.1, 0.15) is 0 Å². The largest absolute Gasteiger partial charge is 0.371 e. The summed E-state index contributed by atoms with van der Waals surface area (Å²) in [6.07, 6.45) is -0.235. The molecule has 0 aromatic heterocycles. The van der Waals surface area contributed by atoms with Gasteiger partial charge in [0.2, 0.25) is 5.91 Å². The van der Waals surface area contributed by atoms with Crippen molar-refractivity contribution in [3.63, 3.8) is 0 Å². The number of rotatable bonds is 2. The van der Waals surface area contributed by atoms with Crippen LogP contribution < -0.4 is 11.1 Å². The standard InChI is InChI=1S/C7H12N2O2/c1-5(7(8)10)6-4-9-2-3-11-6/h6,9H,1-4H2,(H2,8,10). The maximum atomic E-state index is 10.6. The van der Waals surface area contributed by atoms with Crippen LogP contribution in [0.5, 0.6) is 0 Å². The van der Waals surface area contributed by atoms with E-state index in [1.54, 1.807) is 0 Å². The summed E-state index contributed by atoms with van der Waals surface area (Å²) >= 11 is 0. The van der Waals surface area contributed by atoms with Gasteiger partial charge in [0.15, 0.2) is 0 Å². The van der Waals surface area contributed by atoms with Crippen LogP contribution in [0.2, 0.25) is 0 Å². The van der Waals surface area contributed by atoms with Gasteiger partial charge in [0.05, 0.1) is 12.7 Å². The number of hydrogen-bond donors (Lipinski definition) is 2. The summed E-state index contributed by atoms with van der Waals surface area (Å²) in [5, 5.41) is 3.08. The van der Waals surface area contributed by atoms with E-state index in [4.69, 9.17) is 10.5 Å². The van der Waals surface area contributed by atoms with Crippen LogP contribution in [0.4, 0.5) is 0 Å². The van der Waals surface area contributed by atoms with Crippen molar-refractivity contribution >= 4 is 5.91 Å². The number of hydrogen-bond acceptors (Lipinski definition) is 3. The van der Waals surface area contributed by atoms with E-state index in [0.717, 1.165) is 6.54 Å². The molecule has 1 atom stereocenters. The van der Waals surface area contributed by atoms with Gasteiger partial charge in [-0.05, 0) is 0 Å². The molecule has 0 aliphatic carbocycles. The molecular formula is C7H12N2O2. The van der Waals surface area contributed by atoms with Crippen LogP contribution in [-0.2, 0) is 9.53 Å². The summed E-state index contributed by atoms with van der Waals surface area (Å²) in [7, 11) is 0. The van der Waals surface area contributed by atoms with Crippen molar-refractivity contribution in [1.29, 1.82) is 0 Å². The third-order valence-corrected chi connectivity index (χ3v) is 1.63. The fourth-order valence-electron chi connectivity index (χ4n) is 0.948. The number of nitrogens with one attached hydrogen (secondary N) is 1. The summed E-state index contributed by atoms with van der Waals surface area (Å²) in [5.41, 5.74) is 5.37. The van der Waals surface area contributed by atoms with E-state index in [1.807, 2.05) is 0 Å². The first-order chi connectivity index (χ1) is 5.22. The molecule has 1 rings (SSSR count). The van der Waals surface area contributed by atoms with Crippen molar-refractivity contribution in [3.8, 4) is 0 Å². The maximum absolute atomic E-state index is 10.6. The first-order valence-corrected chi connectivity index (χ1v) is 3.52. The van der Waals surface area contributed by atoms with Gasteiger partial charge in [0.25, 0.3) is 0 Å². The fraction of sp³-hybridized carbons (Fsp3) is 0.571. The van der Waals surface area contributed by atoms with Gasteiger partial charge in [-0.15, -0.1) is 0 Å². The number of carbonyl (C=O) groups excluding carboxylic acids is 1. The van der Waals surface area contributed by atoms with Gasteiger partial charge in [-0.3, -0.25) is 4.79 Å². The smallest absolute Gasteiger partial charge is 0.246 e. The molecule has 1 aliphatic heterocycles. The molecule has 4 heteroatoms. The van der Waals surface area contributed by atoms with Crippen molar-refractivity contribution in [2.75, 3.05) is 19.7 Å². The van der Waals surface area contributed by atoms with Crippen LogP contribution in [-0.4, -0.2) is 31.7 Å². The van der Waals surface area contributed by atoms with E-state index in [1.165, 1.54) is 0 Å². The Morgan fingerprint density at radius 2 is 2.45 bits per heavy atom. The summed E-state index contributed by atoms with van der Waals surface area (Å²) in [6.45, 7) is 5.60. The van der Waals surface area contributed by atoms with Gasteiger partial charge in [-0.2, -0.15) is 0 Å². The molecule has 62 valence electrons. The predicted molar refractivity (Wildman–Crippen MR) is 40.9 cm³/mol. The van der Waals surface area contributed by atoms with E-state index < -0.39 is 5.91 Å². The molecule has 3 N–H and O–H groups in total. The average molecular weight is 156 g/mol. The van der Waals surface area contributed by atoms with Crippen LogP contribution in [0.3, 0.4) is 0 Å². The molecule has 1 saturated heterocycles. The van der Waals surface area contributed by atoms with E-state index in [-0.39, 0.29) is 6.10 Å². The Hall–Kier alpha value is -0.870. The van der Waals surface area contributed by atoms with E-state index in [2.05, 4.69) is 11.9 Å². The first kappa shape index (κ1) is 8.23. The molecule has 1 amide bonds.